The minimum Gasteiger partial charge on any atom is -0.385 e. The van der Waals surface area contributed by atoms with Crippen LogP contribution in [0.3, 0.4) is 0 Å². The van der Waals surface area contributed by atoms with Crippen LogP contribution in [-0.4, -0.2) is 54.6 Å². The topological polar surface area (TPSA) is 76.4 Å². The third kappa shape index (κ3) is 5.69. The zero-order valence-electron chi connectivity index (χ0n) is 12.0. The molecule has 0 spiro atoms. The first kappa shape index (κ1) is 15.4. The maximum atomic E-state index is 5.00. The predicted octanol–water partition coefficient (Wildman–Crippen LogP) is 0.0420. The molecule has 0 atom stereocenters. The molecule has 1 heterocycles. The Morgan fingerprint density at radius 3 is 2.89 bits per heavy atom. The van der Waals surface area contributed by atoms with E-state index in [9.17, 15) is 0 Å². The molecular formula is C12H24N6O. The normalized spacial score (nSPS) is 11.6. The average Bonchev–Trinajstić information content (AvgIpc) is 2.89. The lowest BCUT2D eigenvalue weighted by atomic mass is 10.4. The smallest absolute Gasteiger partial charge is 0.191 e. The molecule has 0 aliphatic rings. The minimum absolute atomic E-state index is 0.755. The van der Waals surface area contributed by atoms with Gasteiger partial charge >= 0.3 is 0 Å². The summed E-state index contributed by atoms with van der Waals surface area (Å²) in [4.78, 5) is 4.16. The van der Waals surface area contributed by atoms with Crippen molar-refractivity contribution in [3.8, 4) is 0 Å². The van der Waals surface area contributed by atoms with E-state index in [1.165, 1.54) is 0 Å². The van der Waals surface area contributed by atoms with E-state index in [0.29, 0.717) is 0 Å². The Morgan fingerprint density at radius 1 is 1.42 bits per heavy atom. The van der Waals surface area contributed by atoms with Gasteiger partial charge in [-0.3, -0.25) is 4.99 Å². The molecule has 0 saturated carbocycles. The van der Waals surface area contributed by atoms with E-state index in [0.717, 1.165) is 50.9 Å². The number of rotatable bonds is 8. The van der Waals surface area contributed by atoms with E-state index in [-0.39, 0.29) is 0 Å². The molecule has 2 N–H and O–H groups in total. The van der Waals surface area contributed by atoms with Gasteiger partial charge in [-0.2, -0.15) is 0 Å². The van der Waals surface area contributed by atoms with Crippen molar-refractivity contribution < 1.29 is 4.74 Å². The number of hydrogen-bond donors (Lipinski definition) is 2. The Balaban J connectivity index is 2.23. The van der Waals surface area contributed by atoms with Crippen LogP contribution < -0.4 is 10.6 Å². The summed E-state index contributed by atoms with van der Waals surface area (Å²) in [5.41, 5.74) is 0. The quantitative estimate of drug-likeness (QED) is 0.395. The molecule has 0 aliphatic heterocycles. The van der Waals surface area contributed by atoms with Gasteiger partial charge in [0.15, 0.2) is 5.96 Å². The molecule has 0 bridgehead atoms. The van der Waals surface area contributed by atoms with E-state index in [2.05, 4.69) is 32.7 Å². The largest absolute Gasteiger partial charge is 0.385 e. The Kier molecular flexibility index (Phi) is 7.57. The molecule has 0 saturated heterocycles. The summed E-state index contributed by atoms with van der Waals surface area (Å²) in [6, 6.07) is 0. The first-order valence-corrected chi connectivity index (χ1v) is 6.62. The Bertz CT molecular complexity index is 376. The predicted molar refractivity (Wildman–Crippen MR) is 75.3 cm³/mol. The number of nitrogens with zero attached hydrogens (tertiary/aromatic N) is 4. The monoisotopic (exact) mass is 268 g/mol. The van der Waals surface area contributed by atoms with Crippen LogP contribution in [0.4, 0.5) is 0 Å². The summed E-state index contributed by atoms with van der Waals surface area (Å²) < 4.78 is 7.04. The van der Waals surface area contributed by atoms with Crippen LogP contribution in [0.25, 0.3) is 0 Å². The highest BCUT2D eigenvalue weighted by molar-refractivity contribution is 5.79. The number of methoxy groups -OCH3 is 1. The average molecular weight is 268 g/mol. The lowest BCUT2D eigenvalue weighted by molar-refractivity contribution is 0.195. The lowest BCUT2D eigenvalue weighted by Crippen LogP contribution is -2.39. The van der Waals surface area contributed by atoms with Crippen molar-refractivity contribution in [2.45, 2.75) is 26.3 Å². The second kappa shape index (κ2) is 9.32. The number of aliphatic imine (C=N–C) groups is 1. The SMILES string of the molecule is CCc1nncn1CCNC(=NC)NCCCOC. The minimum atomic E-state index is 0.755. The first-order valence-electron chi connectivity index (χ1n) is 6.62. The van der Waals surface area contributed by atoms with E-state index in [1.54, 1.807) is 20.5 Å². The number of nitrogens with one attached hydrogen (secondary N) is 2. The van der Waals surface area contributed by atoms with E-state index < -0.39 is 0 Å². The van der Waals surface area contributed by atoms with E-state index in [1.807, 2.05) is 4.57 Å². The Morgan fingerprint density at radius 2 is 2.21 bits per heavy atom. The van der Waals surface area contributed by atoms with Crippen molar-refractivity contribution in [1.82, 2.24) is 25.4 Å². The van der Waals surface area contributed by atoms with Crippen molar-refractivity contribution in [3.05, 3.63) is 12.2 Å². The molecule has 0 unspecified atom stereocenters. The maximum absolute atomic E-state index is 5.00. The molecular weight excluding hydrogens is 244 g/mol. The van der Waals surface area contributed by atoms with Gasteiger partial charge in [-0.1, -0.05) is 6.92 Å². The third-order valence-corrected chi connectivity index (χ3v) is 2.70. The van der Waals surface area contributed by atoms with Crippen LogP contribution in [-0.2, 0) is 17.7 Å². The van der Waals surface area contributed by atoms with E-state index in [4.69, 9.17) is 4.74 Å². The summed E-state index contributed by atoms with van der Waals surface area (Å²) in [6.45, 7) is 5.29. The van der Waals surface area contributed by atoms with Gasteiger partial charge in [0.25, 0.3) is 0 Å². The number of guanidine groups is 1. The number of hydrogen-bond acceptors (Lipinski definition) is 4. The van der Waals surface area contributed by atoms with Crippen molar-refractivity contribution in [1.29, 1.82) is 0 Å². The fourth-order valence-electron chi connectivity index (χ4n) is 1.68. The molecule has 0 fully saturated rings. The summed E-state index contributed by atoms with van der Waals surface area (Å²) >= 11 is 0. The molecule has 1 rings (SSSR count). The molecule has 108 valence electrons. The van der Waals surface area contributed by atoms with E-state index >= 15 is 0 Å². The lowest BCUT2D eigenvalue weighted by Gasteiger charge is -2.12. The maximum Gasteiger partial charge on any atom is 0.191 e. The fourth-order valence-corrected chi connectivity index (χ4v) is 1.68. The van der Waals surface area contributed by atoms with Crippen LogP contribution in [0.1, 0.15) is 19.2 Å². The number of aromatic nitrogens is 3. The summed E-state index contributed by atoms with van der Waals surface area (Å²) in [6.07, 6.45) is 3.61. The highest BCUT2D eigenvalue weighted by Gasteiger charge is 2.01. The Labute approximate surface area is 114 Å². The molecule has 1 aromatic heterocycles. The standard InChI is InChI=1S/C12H24N6O/c1-4-11-17-16-10-18(11)8-7-15-12(13-2)14-6-5-9-19-3/h10H,4-9H2,1-3H3,(H2,13,14,15). The molecule has 1 aromatic rings. The molecule has 19 heavy (non-hydrogen) atoms. The second-order valence-electron chi connectivity index (χ2n) is 4.07. The van der Waals surface area contributed by atoms with Gasteiger partial charge < -0.3 is 19.9 Å². The zero-order chi connectivity index (χ0) is 13.9. The number of aryl methyl sites for hydroxylation is 1. The van der Waals surface area contributed by atoms with Crippen LogP contribution in [0.5, 0.6) is 0 Å². The van der Waals surface area contributed by atoms with Gasteiger partial charge in [0.1, 0.15) is 12.2 Å². The molecule has 7 heteroatoms. The summed E-state index contributed by atoms with van der Waals surface area (Å²) in [5, 5.41) is 14.4. The Hall–Kier alpha value is -1.63. The fraction of sp³-hybridized carbons (Fsp3) is 0.750. The molecule has 0 amide bonds. The van der Waals surface area contributed by atoms with Gasteiger partial charge in [0.05, 0.1) is 0 Å². The second-order valence-corrected chi connectivity index (χ2v) is 4.07. The zero-order valence-corrected chi connectivity index (χ0v) is 12.0. The van der Waals surface area contributed by atoms with Gasteiger partial charge in [-0.15, -0.1) is 10.2 Å². The van der Waals surface area contributed by atoms with Gasteiger partial charge in [-0.25, -0.2) is 0 Å². The van der Waals surface area contributed by atoms with Crippen molar-refractivity contribution in [2.24, 2.45) is 4.99 Å². The summed E-state index contributed by atoms with van der Waals surface area (Å²) in [7, 11) is 3.47. The van der Waals surface area contributed by atoms with Crippen LogP contribution in [0.2, 0.25) is 0 Å². The molecule has 7 nitrogen and oxygen atoms in total. The van der Waals surface area contributed by atoms with Crippen molar-refractivity contribution in [2.75, 3.05) is 33.9 Å². The highest BCUT2D eigenvalue weighted by atomic mass is 16.5. The molecule has 0 aliphatic carbocycles. The van der Waals surface area contributed by atoms with Gasteiger partial charge in [-0.05, 0) is 6.42 Å². The third-order valence-electron chi connectivity index (χ3n) is 2.70. The highest BCUT2D eigenvalue weighted by Crippen LogP contribution is 1.94. The van der Waals surface area contributed by atoms with Gasteiger partial charge in [0, 0.05) is 46.8 Å². The van der Waals surface area contributed by atoms with Crippen LogP contribution in [0, 0.1) is 0 Å². The van der Waals surface area contributed by atoms with Crippen molar-refractivity contribution >= 4 is 5.96 Å². The summed E-state index contributed by atoms with van der Waals surface area (Å²) in [5.74, 6) is 1.81. The number of ether oxygens (including phenoxy) is 1. The first-order chi connectivity index (χ1) is 9.31. The van der Waals surface area contributed by atoms with Crippen LogP contribution >= 0.6 is 0 Å². The van der Waals surface area contributed by atoms with Gasteiger partial charge in [0.2, 0.25) is 0 Å². The molecule has 0 radical (unpaired) electrons. The molecule has 0 aromatic carbocycles. The van der Waals surface area contributed by atoms with Crippen molar-refractivity contribution in [3.63, 3.8) is 0 Å². The van der Waals surface area contributed by atoms with Crippen LogP contribution in [0.15, 0.2) is 11.3 Å².